The van der Waals surface area contributed by atoms with Crippen LogP contribution in [0.15, 0.2) is 0 Å². The van der Waals surface area contributed by atoms with Crippen LogP contribution in [0.1, 0.15) is 26.2 Å². The monoisotopic (exact) mass is 164 g/mol. The summed E-state index contributed by atoms with van der Waals surface area (Å²) in [6.45, 7) is 2.81. The van der Waals surface area contributed by atoms with E-state index in [9.17, 15) is 4.79 Å². The van der Waals surface area contributed by atoms with E-state index < -0.39 is 0 Å². The van der Waals surface area contributed by atoms with Crippen LogP contribution in [0.3, 0.4) is 0 Å². The molecule has 0 fully saturated rings. The molecular weight excluding hydrogens is 152 g/mol. The Kier molecular flexibility index (Phi) is 6.38. The largest absolute Gasteiger partial charge is 0.337 e. The minimum absolute atomic E-state index is 0.322. The van der Waals surface area contributed by atoms with Gasteiger partial charge in [-0.2, -0.15) is 0 Å². The fourth-order valence-electron chi connectivity index (χ4n) is 0.610. The number of unbranched alkanes of at least 4 members (excludes halogenated alkanes) is 2. The predicted octanol–water partition coefficient (Wildman–Crippen LogP) is 1.63. The number of rotatable bonds is 4. The number of nitrogens with one attached hydrogen (secondary N) is 2. The standard InChI is InChI=1S/C6H13ClN2O/c1-2-3-4-5-8-6(10)9-7/h2-5H2,1H3,(H2,8,9,10). The molecule has 0 aromatic carbocycles. The van der Waals surface area contributed by atoms with Gasteiger partial charge in [-0.25, -0.2) is 9.63 Å². The van der Waals surface area contributed by atoms with Crippen LogP contribution in [0.5, 0.6) is 0 Å². The summed E-state index contributed by atoms with van der Waals surface area (Å²) in [5.41, 5.74) is 0. The molecule has 0 radical (unpaired) electrons. The maximum Gasteiger partial charge on any atom is 0.329 e. The van der Waals surface area contributed by atoms with Gasteiger partial charge in [0.05, 0.1) is 0 Å². The van der Waals surface area contributed by atoms with Crippen LogP contribution >= 0.6 is 11.8 Å². The fraction of sp³-hybridized carbons (Fsp3) is 0.833. The third-order valence-corrected chi connectivity index (χ3v) is 1.32. The van der Waals surface area contributed by atoms with Gasteiger partial charge < -0.3 is 5.32 Å². The van der Waals surface area contributed by atoms with Gasteiger partial charge in [-0.05, 0) is 6.42 Å². The zero-order chi connectivity index (χ0) is 7.82. The van der Waals surface area contributed by atoms with E-state index in [1.165, 1.54) is 0 Å². The normalized spacial score (nSPS) is 9.00. The Balaban J connectivity index is 2.96. The highest BCUT2D eigenvalue weighted by molar-refractivity contribution is 6.21. The van der Waals surface area contributed by atoms with E-state index in [0.29, 0.717) is 6.54 Å². The van der Waals surface area contributed by atoms with Crippen molar-refractivity contribution in [2.75, 3.05) is 6.54 Å². The number of hydrogen-bond donors (Lipinski definition) is 2. The molecule has 0 spiro atoms. The van der Waals surface area contributed by atoms with Gasteiger partial charge in [0.1, 0.15) is 0 Å². The van der Waals surface area contributed by atoms with Gasteiger partial charge in [0, 0.05) is 18.3 Å². The van der Waals surface area contributed by atoms with Crippen LogP contribution in [-0.4, -0.2) is 12.6 Å². The molecule has 0 saturated carbocycles. The molecule has 4 heteroatoms. The number of amides is 2. The molecule has 0 aliphatic carbocycles. The van der Waals surface area contributed by atoms with Crippen LogP contribution in [0.2, 0.25) is 0 Å². The van der Waals surface area contributed by atoms with Gasteiger partial charge in [0.15, 0.2) is 0 Å². The second kappa shape index (κ2) is 6.68. The van der Waals surface area contributed by atoms with Gasteiger partial charge in [-0.1, -0.05) is 19.8 Å². The van der Waals surface area contributed by atoms with Gasteiger partial charge >= 0.3 is 6.03 Å². The van der Waals surface area contributed by atoms with Crippen LogP contribution in [0, 0.1) is 0 Å². The molecular formula is C6H13ClN2O. The summed E-state index contributed by atoms with van der Waals surface area (Å²) in [6, 6.07) is -0.322. The third kappa shape index (κ3) is 5.69. The highest BCUT2D eigenvalue weighted by Gasteiger charge is 1.93. The molecule has 2 amide bonds. The Bertz CT molecular complexity index is 97.7. The van der Waals surface area contributed by atoms with Crippen LogP contribution in [-0.2, 0) is 0 Å². The molecule has 0 aliphatic rings. The number of carbonyl (C=O) groups excluding carboxylic acids is 1. The highest BCUT2D eigenvalue weighted by Crippen LogP contribution is 1.90. The summed E-state index contributed by atoms with van der Waals surface area (Å²) in [5.74, 6) is 0. The minimum atomic E-state index is -0.322. The lowest BCUT2D eigenvalue weighted by molar-refractivity contribution is 0.246. The highest BCUT2D eigenvalue weighted by atomic mass is 35.5. The number of urea groups is 1. The zero-order valence-corrected chi connectivity index (χ0v) is 6.87. The second-order valence-electron chi connectivity index (χ2n) is 2.06. The molecule has 0 atom stereocenters. The summed E-state index contributed by atoms with van der Waals surface area (Å²) >= 11 is 5.00. The van der Waals surface area contributed by atoms with Crippen molar-refractivity contribution >= 4 is 17.8 Å². The van der Waals surface area contributed by atoms with E-state index in [1.54, 1.807) is 0 Å². The van der Waals surface area contributed by atoms with Crippen LogP contribution < -0.4 is 10.2 Å². The van der Waals surface area contributed by atoms with Crippen molar-refractivity contribution in [2.24, 2.45) is 0 Å². The van der Waals surface area contributed by atoms with E-state index in [1.807, 2.05) is 4.84 Å². The molecule has 0 rings (SSSR count). The molecule has 0 aliphatic heterocycles. The summed E-state index contributed by atoms with van der Waals surface area (Å²) in [7, 11) is 0. The van der Waals surface area contributed by atoms with Crippen molar-refractivity contribution in [3.05, 3.63) is 0 Å². The molecule has 0 aromatic heterocycles. The molecule has 60 valence electrons. The summed E-state index contributed by atoms with van der Waals surface area (Å²) < 4.78 is 0. The Labute approximate surface area is 66.2 Å². The van der Waals surface area contributed by atoms with E-state index in [-0.39, 0.29) is 6.03 Å². The van der Waals surface area contributed by atoms with Crippen molar-refractivity contribution in [1.29, 1.82) is 0 Å². The van der Waals surface area contributed by atoms with Crippen LogP contribution in [0.25, 0.3) is 0 Å². The van der Waals surface area contributed by atoms with Gasteiger partial charge in [0.2, 0.25) is 0 Å². The average Bonchev–Trinajstić information content (AvgIpc) is 1.98. The molecule has 0 bridgehead atoms. The zero-order valence-electron chi connectivity index (χ0n) is 6.11. The van der Waals surface area contributed by atoms with Gasteiger partial charge in [-0.3, -0.25) is 0 Å². The average molecular weight is 165 g/mol. The van der Waals surface area contributed by atoms with Crippen molar-refractivity contribution in [1.82, 2.24) is 10.2 Å². The first-order valence-corrected chi connectivity index (χ1v) is 3.83. The maximum atomic E-state index is 10.4. The first-order valence-electron chi connectivity index (χ1n) is 3.45. The van der Waals surface area contributed by atoms with E-state index in [4.69, 9.17) is 11.8 Å². The molecule has 10 heavy (non-hydrogen) atoms. The quantitative estimate of drug-likeness (QED) is 0.481. The topological polar surface area (TPSA) is 41.1 Å². The summed E-state index contributed by atoms with van der Waals surface area (Å²) in [5, 5.41) is 2.59. The lowest BCUT2D eigenvalue weighted by Gasteiger charge is -2.00. The van der Waals surface area contributed by atoms with E-state index >= 15 is 0 Å². The number of hydrogen-bond acceptors (Lipinski definition) is 1. The first-order chi connectivity index (χ1) is 4.81. The molecule has 2 N–H and O–H groups in total. The third-order valence-electron chi connectivity index (χ3n) is 1.15. The lowest BCUT2D eigenvalue weighted by atomic mass is 10.2. The smallest absolute Gasteiger partial charge is 0.329 e. The molecule has 0 saturated heterocycles. The summed E-state index contributed by atoms with van der Waals surface area (Å²) in [4.78, 5) is 12.4. The van der Waals surface area contributed by atoms with Gasteiger partial charge in [0.25, 0.3) is 0 Å². The molecule has 3 nitrogen and oxygen atoms in total. The summed E-state index contributed by atoms with van der Waals surface area (Å²) in [6.07, 6.45) is 3.31. The lowest BCUT2D eigenvalue weighted by Crippen LogP contribution is -2.30. The molecule has 0 aromatic rings. The Morgan fingerprint density at radius 2 is 2.20 bits per heavy atom. The minimum Gasteiger partial charge on any atom is -0.337 e. The molecule has 0 heterocycles. The van der Waals surface area contributed by atoms with Crippen molar-refractivity contribution in [3.8, 4) is 0 Å². The van der Waals surface area contributed by atoms with Crippen molar-refractivity contribution in [3.63, 3.8) is 0 Å². The Morgan fingerprint density at radius 3 is 2.70 bits per heavy atom. The van der Waals surface area contributed by atoms with E-state index in [0.717, 1.165) is 19.3 Å². The van der Waals surface area contributed by atoms with Crippen LogP contribution in [0.4, 0.5) is 4.79 Å². The second-order valence-corrected chi connectivity index (χ2v) is 2.25. The Hall–Kier alpha value is -0.440. The van der Waals surface area contributed by atoms with Gasteiger partial charge in [-0.15, -0.1) is 0 Å². The predicted molar refractivity (Wildman–Crippen MR) is 41.9 cm³/mol. The SMILES string of the molecule is CCCCCNC(=O)NCl. The maximum absolute atomic E-state index is 10.4. The number of carbonyl (C=O) groups is 1. The fourth-order valence-corrected chi connectivity index (χ4v) is 0.677. The van der Waals surface area contributed by atoms with E-state index in [2.05, 4.69) is 12.2 Å². The Morgan fingerprint density at radius 1 is 1.50 bits per heavy atom. The molecule has 0 unspecified atom stereocenters. The van der Waals surface area contributed by atoms with Crippen molar-refractivity contribution < 1.29 is 4.79 Å². The first kappa shape index (κ1) is 9.56. The van der Waals surface area contributed by atoms with Crippen molar-refractivity contribution in [2.45, 2.75) is 26.2 Å². The number of halogens is 1.